The Morgan fingerprint density at radius 3 is 2.00 bits per heavy atom. The van der Waals surface area contributed by atoms with Crippen molar-refractivity contribution in [2.24, 2.45) is 0 Å². The summed E-state index contributed by atoms with van der Waals surface area (Å²) in [6, 6.07) is 18.6. The van der Waals surface area contributed by atoms with Gasteiger partial charge in [0.2, 0.25) is 0 Å². The maximum absolute atomic E-state index is 9.90. The van der Waals surface area contributed by atoms with Gasteiger partial charge in [-0.2, -0.15) is 0 Å². The molecule has 7 nitrogen and oxygen atoms in total. The third-order valence-electron chi connectivity index (χ3n) is 5.56. The Morgan fingerprint density at radius 2 is 1.33 bits per heavy atom. The van der Waals surface area contributed by atoms with Crippen LogP contribution in [0.25, 0.3) is 11.1 Å². The predicted octanol–water partition coefficient (Wildman–Crippen LogP) is 5.41. The first kappa shape index (κ1) is 30.7. The van der Waals surface area contributed by atoms with Crippen molar-refractivity contribution in [2.75, 3.05) is 60.7 Å². The number of likely N-dealkylation sites (N-methyl/N-ethyl adjacent to an activating group) is 1. The van der Waals surface area contributed by atoms with Gasteiger partial charge in [0.1, 0.15) is 25.0 Å². The van der Waals surface area contributed by atoms with Crippen molar-refractivity contribution in [1.29, 1.82) is 0 Å². The summed E-state index contributed by atoms with van der Waals surface area (Å²) in [6.07, 6.45) is 5.87. The van der Waals surface area contributed by atoms with Crippen molar-refractivity contribution in [3.63, 3.8) is 0 Å². The Kier molecular flexibility index (Phi) is 15.2. The molecule has 0 spiro atoms. The Labute approximate surface area is 218 Å². The zero-order valence-electron chi connectivity index (χ0n) is 22.2. The van der Waals surface area contributed by atoms with Crippen LogP contribution >= 0.6 is 8.60 Å². The van der Waals surface area contributed by atoms with E-state index in [9.17, 15) is 10.00 Å². The van der Waals surface area contributed by atoms with Crippen molar-refractivity contribution in [1.82, 2.24) is 0 Å². The van der Waals surface area contributed by atoms with E-state index in [0.29, 0.717) is 13.2 Å². The van der Waals surface area contributed by atoms with Crippen LogP contribution in [-0.2, 0) is 13.8 Å². The normalized spacial score (nSPS) is 13.5. The first-order valence-electron chi connectivity index (χ1n) is 12.9. The van der Waals surface area contributed by atoms with Crippen molar-refractivity contribution in [3.8, 4) is 16.9 Å². The molecular formula is C28H45NO6P+. The van der Waals surface area contributed by atoms with E-state index < -0.39 is 14.7 Å². The van der Waals surface area contributed by atoms with Gasteiger partial charge in [-0.1, -0.05) is 68.1 Å². The van der Waals surface area contributed by atoms with Crippen LogP contribution in [-0.4, -0.2) is 81.3 Å². The Balaban J connectivity index is 1.37. The first-order chi connectivity index (χ1) is 17.3. The molecule has 36 heavy (non-hydrogen) atoms. The van der Waals surface area contributed by atoms with Gasteiger partial charge >= 0.3 is 8.60 Å². The van der Waals surface area contributed by atoms with E-state index in [-0.39, 0.29) is 13.2 Å². The number of benzene rings is 2. The van der Waals surface area contributed by atoms with Gasteiger partial charge in [-0.3, -0.25) is 0 Å². The minimum atomic E-state index is -1.96. The van der Waals surface area contributed by atoms with Crippen LogP contribution in [0.2, 0.25) is 0 Å². The number of aliphatic hydroxyl groups is 1. The van der Waals surface area contributed by atoms with E-state index in [2.05, 4.69) is 24.3 Å². The van der Waals surface area contributed by atoms with Crippen LogP contribution in [0.4, 0.5) is 0 Å². The molecule has 0 saturated heterocycles. The minimum absolute atomic E-state index is 0.00577. The third kappa shape index (κ3) is 14.9. The maximum atomic E-state index is 9.90. The summed E-state index contributed by atoms with van der Waals surface area (Å²) in [4.78, 5) is 9.70. The summed E-state index contributed by atoms with van der Waals surface area (Å²) >= 11 is 0. The van der Waals surface area contributed by atoms with Crippen molar-refractivity contribution in [2.45, 2.75) is 44.6 Å². The average molecular weight is 523 g/mol. The number of nitrogens with zero attached hydrogens (tertiary/aromatic N) is 1. The van der Waals surface area contributed by atoms with E-state index in [1.54, 1.807) is 0 Å². The summed E-state index contributed by atoms with van der Waals surface area (Å²) < 4.78 is 22.5. The number of rotatable bonds is 20. The third-order valence-corrected chi connectivity index (χ3v) is 6.34. The monoisotopic (exact) mass is 522 g/mol. The van der Waals surface area contributed by atoms with Crippen LogP contribution in [0.15, 0.2) is 54.6 Å². The highest BCUT2D eigenvalue weighted by Crippen LogP contribution is 2.32. The Bertz CT molecular complexity index is 800. The second-order valence-electron chi connectivity index (χ2n) is 9.97. The summed E-state index contributed by atoms with van der Waals surface area (Å²) in [7, 11) is 4.19. The lowest BCUT2D eigenvalue weighted by molar-refractivity contribution is -0.870. The average Bonchev–Trinajstić information content (AvgIpc) is 2.86. The number of quaternary nitrogens is 1. The highest BCUT2D eigenvalue weighted by molar-refractivity contribution is 7.40. The lowest BCUT2D eigenvalue weighted by atomic mass is 10.1. The highest BCUT2D eigenvalue weighted by atomic mass is 31.2. The molecule has 0 amide bonds. The zero-order chi connectivity index (χ0) is 26.1. The molecule has 0 saturated carbocycles. The van der Waals surface area contributed by atoms with Gasteiger partial charge in [0, 0.05) is 6.61 Å². The van der Waals surface area contributed by atoms with E-state index in [1.807, 2.05) is 51.5 Å². The minimum Gasteiger partial charge on any atom is -0.494 e. The van der Waals surface area contributed by atoms with Crippen LogP contribution in [0.1, 0.15) is 38.5 Å². The molecule has 0 fully saturated rings. The maximum Gasteiger partial charge on any atom is 0.330 e. The fourth-order valence-electron chi connectivity index (χ4n) is 3.42. The van der Waals surface area contributed by atoms with Crippen LogP contribution in [0.5, 0.6) is 5.75 Å². The molecule has 0 bridgehead atoms. The zero-order valence-corrected chi connectivity index (χ0v) is 23.1. The lowest BCUT2D eigenvalue weighted by Crippen LogP contribution is -2.37. The number of aliphatic hydroxyl groups excluding tert-OH is 1. The fraction of sp³-hybridized carbons (Fsp3) is 0.571. The van der Waals surface area contributed by atoms with E-state index in [0.717, 1.165) is 49.1 Å². The number of hydrogen-bond acceptors (Lipinski definition) is 6. The molecule has 0 radical (unpaired) electrons. The summed E-state index contributed by atoms with van der Waals surface area (Å²) in [6.45, 7) is 2.75. The van der Waals surface area contributed by atoms with Crippen molar-refractivity contribution < 1.29 is 33.0 Å². The SMILES string of the molecule is C[N+](C)(C)CCOP(O)OCC(O)COCCCCCCCCOc1ccc(-c2ccccc2)cc1. The van der Waals surface area contributed by atoms with Crippen LogP contribution in [0, 0.1) is 0 Å². The molecule has 2 rings (SSSR count). The predicted molar refractivity (Wildman–Crippen MR) is 146 cm³/mol. The molecule has 202 valence electrons. The largest absolute Gasteiger partial charge is 0.494 e. The number of ether oxygens (including phenoxy) is 2. The van der Waals surface area contributed by atoms with Crippen LogP contribution in [0.3, 0.4) is 0 Å². The number of hydrogen-bond donors (Lipinski definition) is 2. The molecule has 2 unspecified atom stereocenters. The second kappa shape index (κ2) is 17.8. The standard InChI is InChI=1S/C28H45NO6P/c1-29(2,3)19-22-34-36(31)35-24-27(30)23-32-20-11-6-4-5-7-12-21-33-28-17-15-26(16-18-28)25-13-9-8-10-14-25/h8-10,13-18,27,30-31H,4-7,11-12,19-24H2,1-3H3/q+1. The Hall–Kier alpha value is -1.57. The first-order valence-corrected chi connectivity index (χ1v) is 14.1. The second-order valence-corrected chi connectivity index (χ2v) is 11.0. The van der Waals surface area contributed by atoms with Crippen molar-refractivity contribution in [3.05, 3.63) is 54.6 Å². The molecule has 2 aromatic rings. The molecule has 2 N–H and O–H groups in total. The van der Waals surface area contributed by atoms with Gasteiger partial charge in [-0.25, -0.2) is 0 Å². The molecule has 0 aliphatic heterocycles. The molecule has 2 aromatic carbocycles. The van der Waals surface area contributed by atoms with Gasteiger partial charge in [0.25, 0.3) is 0 Å². The van der Waals surface area contributed by atoms with E-state index >= 15 is 0 Å². The molecule has 0 aliphatic carbocycles. The van der Waals surface area contributed by atoms with E-state index in [1.165, 1.54) is 24.0 Å². The molecule has 0 heterocycles. The van der Waals surface area contributed by atoms with Crippen molar-refractivity contribution >= 4 is 8.60 Å². The molecular weight excluding hydrogens is 477 g/mol. The van der Waals surface area contributed by atoms with Gasteiger partial charge in [-0.15, -0.1) is 0 Å². The summed E-state index contributed by atoms with van der Waals surface area (Å²) in [5.41, 5.74) is 2.41. The topological polar surface area (TPSA) is 77.4 Å². The summed E-state index contributed by atoms with van der Waals surface area (Å²) in [5.74, 6) is 0.919. The molecule has 8 heteroatoms. The van der Waals surface area contributed by atoms with E-state index in [4.69, 9.17) is 18.5 Å². The quantitative estimate of drug-likeness (QED) is 0.138. The van der Waals surface area contributed by atoms with Gasteiger partial charge in [0.15, 0.2) is 0 Å². The van der Waals surface area contributed by atoms with Gasteiger partial charge in [-0.05, 0) is 36.1 Å². The van der Waals surface area contributed by atoms with Gasteiger partial charge < -0.3 is 33.0 Å². The molecule has 0 aliphatic rings. The fourth-order valence-corrected chi connectivity index (χ4v) is 4.04. The molecule has 0 aromatic heterocycles. The summed E-state index contributed by atoms with van der Waals surface area (Å²) in [5, 5.41) is 9.90. The molecule has 2 atom stereocenters. The lowest BCUT2D eigenvalue weighted by Gasteiger charge is -2.24. The van der Waals surface area contributed by atoms with Gasteiger partial charge in [0.05, 0.1) is 41.0 Å². The Morgan fingerprint density at radius 1 is 0.722 bits per heavy atom. The van der Waals surface area contributed by atoms with Crippen LogP contribution < -0.4 is 4.74 Å². The highest BCUT2D eigenvalue weighted by Gasteiger charge is 2.14. The smallest absolute Gasteiger partial charge is 0.330 e. The number of unbranched alkanes of at least 4 members (excludes halogenated alkanes) is 5.